The summed E-state index contributed by atoms with van der Waals surface area (Å²) in [5.41, 5.74) is 7.53. The minimum Gasteiger partial charge on any atom is -0.208 e. The number of thiophene rings is 1. The smallest absolute Gasteiger partial charge is 0.165 e. The number of hydrogen-bond donors (Lipinski definition) is 0. The molecule has 10 aromatic carbocycles. The molecule has 0 amide bonds. The molecule has 0 radical (unpaired) electrons. The Kier molecular flexibility index (Phi) is 7.72. The van der Waals surface area contributed by atoms with Gasteiger partial charge in [0.05, 0.1) is 0 Å². The van der Waals surface area contributed by atoms with Crippen LogP contribution in [0.2, 0.25) is 0 Å². The molecule has 0 spiro atoms. The Labute approximate surface area is 344 Å². The van der Waals surface area contributed by atoms with Crippen LogP contribution >= 0.6 is 11.3 Å². The molecule has 0 atom stereocenters. The molecule has 59 heavy (non-hydrogen) atoms. The first-order chi connectivity index (χ1) is 29.2. The fourth-order valence-corrected chi connectivity index (χ4v) is 10.1. The predicted molar refractivity (Wildman–Crippen MR) is 250 cm³/mol. The average molecular weight is 768 g/mol. The molecule has 0 saturated heterocycles. The minimum atomic E-state index is 0.639. The SMILES string of the molecule is c1cc(-c2nc(-c3ccc(-c4cc5ccccc5c5ccccc45)cc3)nc(-c3cccc4c3sc3ccccc34)n2)cc(-c2cc3ccccc3c3ccccc23)c1. The standard InChI is InChI=1S/C55H33N3S/c1-3-17-40-37(13-1)32-49(44-21-7-5-19-42(40)44)34-27-29-35(30-28-34)53-56-54(58-55(57-53)48-25-12-24-47-46-23-9-10-26-51(46)59-52(47)48)39-16-11-15-36(31-39)50-33-38-14-2-4-18-41(38)43-20-6-8-22-45(43)50/h1-33H. The topological polar surface area (TPSA) is 38.7 Å². The molecule has 0 unspecified atom stereocenters. The third-order valence-electron chi connectivity index (χ3n) is 11.7. The maximum Gasteiger partial charge on any atom is 0.165 e. The maximum atomic E-state index is 5.28. The van der Waals surface area contributed by atoms with E-state index in [9.17, 15) is 0 Å². The zero-order chi connectivity index (χ0) is 38.9. The molecule has 2 heterocycles. The lowest BCUT2D eigenvalue weighted by Crippen LogP contribution is -2.00. The summed E-state index contributed by atoms with van der Waals surface area (Å²) in [7, 11) is 0. The van der Waals surface area contributed by atoms with Crippen molar-refractivity contribution < 1.29 is 0 Å². The second kappa shape index (κ2) is 13.6. The molecular formula is C55H33N3S. The Morgan fingerprint density at radius 1 is 0.271 bits per heavy atom. The van der Waals surface area contributed by atoms with Crippen molar-refractivity contribution in [3.63, 3.8) is 0 Å². The first-order valence-corrected chi connectivity index (χ1v) is 20.7. The summed E-state index contributed by atoms with van der Waals surface area (Å²) in [6.07, 6.45) is 0. The number of hydrogen-bond acceptors (Lipinski definition) is 4. The van der Waals surface area contributed by atoms with E-state index in [1.54, 1.807) is 11.3 Å². The number of benzene rings is 10. The molecule has 0 fully saturated rings. The van der Waals surface area contributed by atoms with E-state index in [1.807, 2.05) is 0 Å². The first-order valence-electron chi connectivity index (χ1n) is 19.9. The molecule has 0 N–H and O–H groups in total. The van der Waals surface area contributed by atoms with Gasteiger partial charge in [-0.25, -0.2) is 15.0 Å². The van der Waals surface area contributed by atoms with Gasteiger partial charge in [0.25, 0.3) is 0 Å². The Morgan fingerprint density at radius 2 is 0.746 bits per heavy atom. The Balaban J connectivity index is 1.03. The summed E-state index contributed by atoms with van der Waals surface area (Å²) in [5, 5.41) is 12.4. The van der Waals surface area contributed by atoms with Gasteiger partial charge in [0.2, 0.25) is 0 Å². The van der Waals surface area contributed by atoms with Crippen LogP contribution < -0.4 is 0 Å². The van der Waals surface area contributed by atoms with Crippen LogP contribution in [0.15, 0.2) is 200 Å². The third-order valence-corrected chi connectivity index (χ3v) is 12.9. The largest absolute Gasteiger partial charge is 0.208 e. The fraction of sp³-hybridized carbons (Fsp3) is 0. The van der Waals surface area contributed by atoms with E-state index in [-0.39, 0.29) is 0 Å². The molecule has 0 aliphatic heterocycles. The van der Waals surface area contributed by atoms with Gasteiger partial charge in [-0.3, -0.25) is 0 Å². The fourth-order valence-electron chi connectivity index (χ4n) is 8.89. The molecule has 4 heteroatoms. The van der Waals surface area contributed by atoms with E-state index in [4.69, 9.17) is 15.0 Å². The van der Waals surface area contributed by atoms with Crippen LogP contribution in [-0.4, -0.2) is 15.0 Å². The third kappa shape index (κ3) is 5.60. The van der Waals surface area contributed by atoms with Gasteiger partial charge in [-0.15, -0.1) is 11.3 Å². The van der Waals surface area contributed by atoms with Gasteiger partial charge in [0, 0.05) is 36.9 Å². The Hall–Kier alpha value is -7.53. The van der Waals surface area contributed by atoms with Crippen molar-refractivity contribution in [2.75, 3.05) is 0 Å². The second-order valence-electron chi connectivity index (χ2n) is 15.1. The monoisotopic (exact) mass is 767 g/mol. The van der Waals surface area contributed by atoms with Crippen LogP contribution in [-0.2, 0) is 0 Å². The highest BCUT2D eigenvalue weighted by atomic mass is 32.1. The van der Waals surface area contributed by atoms with E-state index in [0.717, 1.165) is 27.8 Å². The highest BCUT2D eigenvalue weighted by Gasteiger charge is 2.18. The number of nitrogens with zero attached hydrogens (tertiary/aromatic N) is 3. The molecule has 0 aliphatic rings. The molecule has 12 rings (SSSR count). The Bertz CT molecular complexity index is 3620. The summed E-state index contributed by atoms with van der Waals surface area (Å²) in [4.78, 5) is 15.8. The van der Waals surface area contributed by atoms with Gasteiger partial charge in [-0.05, 0) is 95.7 Å². The van der Waals surface area contributed by atoms with Crippen molar-refractivity contribution in [2.24, 2.45) is 0 Å². The number of aromatic nitrogens is 3. The summed E-state index contributed by atoms with van der Waals surface area (Å²) in [6.45, 7) is 0. The Morgan fingerprint density at radius 3 is 1.42 bits per heavy atom. The normalized spacial score (nSPS) is 11.7. The lowest BCUT2D eigenvalue weighted by Gasteiger charge is -2.13. The molecule has 2 aromatic heterocycles. The number of rotatable bonds is 5. The maximum absolute atomic E-state index is 5.28. The van der Waals surface area contributed by atoms with Crippen molar-refractivity contribution in [3.8, 4) is 56.4 Å². The summed E-state index contributed by atoms with van der Waals surface area (Å²) < 4.78 is 2.42. The predicted octanol–water partition coefficient (Wildman–Crippen LogP) is 15.2. The zero-order valence-electron chi connectivity index (χ0n) is 31.8. The quantitative estimate of drug-likeness (QED) is 0.164. The van der Waals surface area contributed by atoms with Crippen molar-refractivity contribution in [1.29, 1.82) is 0 Å². The van der Waals surface area contributed by atoms with Gasteiger partial charge in [-0.1, -0.05) is 170 Å². The average Bonchev–Trinajstić information content (AvgIpc) is 3.70. The van der Waals surface area contributed by atoms with E-state index in [1.165, 1.54) is 74.4 Å². The summed E-state index contributed by atoms with van der Waals surface area (Å²) >= 11 is 1.79. The molecule has 3 nitrogen and oxygen atoms in total. The minimum absolute atomic E-state index is 0.639. The van der Waals surface area contributed by atoms with Crippen LogP contribution in [0.3, 0.4) is 0 Å². The lowest BCUT2D eigenvalue weighted by molar-refractivity contribution is 1.08. The van der Waals surface area contributed by atoms with E-state index < -0.39 is 0 Å². The molecule has 0 saturated carbocycles. The zero-order valence-corrected chi connectivity index (χ0v) is 32.6. The highest BCUT2D eigenvalue weighted by Crippen LogP contribution is 2.41. The lowest BCUT2D eigenvalue weighted by atomic mass is 9.92. The van der Waals surface area contributed by atoms with Crippen LogP contribution in [0, 0.1) is 0 Å². The van der Waals surface area contributed by atoms with Crippen LogP contribution in [0.5, 0.6) is 0 Å². The van der Waals surface area contributed by atoms with Crippen LogP contribution in [0.4, 0.5) is 0 Å². The first kappa shape index (κ1) is 33.6. The van der Waals surface area contributed by atoms with Gasteiger partial charge in [-0.2, -0.15) is 0 Å². The van der Waals surface area contributed by atoms with Gasteiger partial charge in [0.15, 0.2) is 17.5 Å². The van der Waals surface area contributed by atoms with E-state index >= 15 is 0 Å². The molecular weight excluding hydrogens is 735 g/mol. The highest BCUT2D eigenvalue weighted by molar-refractivity contribution is 7.26. The molecule has 0 aliphatic carbocycles. The summed E-state index contributed by atoms with van der Waals surface area (Å²) in [5.74, 6) is 1.94. The van der Waals surface area contributed by atoms with Crippen molar-refractivity contribution in [3.05, 3.63) is 200 Å². The summed E-state index contributed by atoms with van der Waals surface area (Å²) in [6, 6.07) is 71.7. The van der Waals surface area contributed by atoms with Crippen LogP contribution in [0.25, 0.3) is 120 Å². The molecule has 274 valence electrons. The van der Waals surface area contributed by atoms with Crippen molar-refractivity contribution in [2.45, 2.75) is 0 Å². The van der Waals surface area contributed by atoms with Crippen molar-refractivity contribution in [1.82, 2.24) is 15.0 Å². The van der Waals surface area contributed by atoms with Crippen LogP contribution in [0.1, 0.15) is 0 Å². The number of fused-ring (bicyclic) bond motifs is 9. The van der Waals surface area contributed by atoms with Gasteiger partial charge >= 0.3 is 0 Å². The second-order valence-corrected chi connectivity index (χ2v) is 16.2. The van der Waals surface area contributed by atoms with Gasteiger partial charge in [0.1, 0.15) is 0 Å². The van der Waals surface area contributed by atoms with Gasteiger partial charge < -0.3 is 0 Å². The van der Waals surface area contributed by atoms with E-state index in [2.05, 4.69) is 200 Å². The van der Waals surface area contributed by atoms with E-state index in [0.29, 0.717) is 17.5 Å². The molecule has 12 aromatic rings. The van der Waals surface area contributed by atoms with Crippen molar-refractivity contribution >= 4 is 74.6 Å². The molecule has 0 bridgehead atoms.